The number of carboxylic acids is 1. The Balaban J connectivity index is 2.14. The summed E-state index contributed by atoms with van der Waals surface area (Å²) in [4.78, 5) is 12.3. The molecule has 16 heavy (non-hydrogen) atoms. The molecule has 1 rings (SSSR count). The number of hydrogen-bond donors (Lipinski definition) is 1. The Morgan fingerprint density at radius 1 is 1.19 bits per heavy atom. The smallest absolute Gasteiger partial charge is 0.345 e. The van der Waals surface area contributed by atoms with Crippen molar-refractivity contribution in [1.82, 2.24) is 0 Å². The number of carbonyl (C=O) groups is 1. The van der Waals surface area contributed by atoms with Gasteiger partial charge in [-0.25, -0.2) is 4.79 Å². The highest BCUT2D eigenvalue weighted by molar-refractivity contribution is 7.13. The summed E-state index contributed by atoms with van der Waals surface area (Å²) in [6.07, 6.45) is 8.75. The summed E-state index contributed by atoms with van der Waals surface area (Å²) < 4.78 is 0. The molecule has 0 aliphatic carbocycles. The van der Waals surface area contributed by atoms with Crippen LogP contribution in [0.1, 0.15) is 60.0 Å². The Morgan fingerprint density at radius 2 is 1.88 bits per heavy atom. The molecule has 0 unspecified atom stereocenters. The first-order valence-electron chi connectivity index (χ1n) is 6.06. The quantitative estimate of drug-likeness (QED) is 0.686. The van der Waals surface area contributed by atoms with Crippen molar-refractivity contribution < 1.29 is 9.90 Å². The Bertz CT molecular complexity index is 317. The van der Waals surface area contributed by atoms with E-state index >= 15 is 0 Å². The van der Waals surface area contributed by atoms with Gasteiger partial charge in [0.2, 0.25) is 0 Å². The highest BCUT2D eigenvalue weighted by Crippen LogP contribution is 2.19. The minimum absolute atomic E-state index is 0.459. The van der Waals surface area contributed by atoms with E-state index in [-0.39, 0.29) is 0 Å². The number of hydrogen-bond acceptors (Lipinski definition) is 2. The Morgan fingerprint density at radius 3 is 2.50 bits per heavy atom. The molecule has 0 amide bonds. The van der Waals surface area contributed by atoms with Crippen molar-refractivity contribution in [1.29, 1.82) is 0 Å². The van der Waals surface area contributed by atoms with Gasteiger partial charge in [-0.1, -0.05) is 39.0 Å². The molecule has 0 fully saturated rings. The number of aromatic carboxylic acids is 1. The van der Waals surface area contributed by atoms with Crippen LogP contribution in [-0.4, -0.2) is 11.1 Å². The third kappa shape index (κ3) is 4.79. The second-order valence-electron chi connectivity index (χ2n) is 4.09. The molecule has 0 aromatic carbocycles. The van der Waals surface area contributed by atoms with E-state index in [1.165, 1.54) is 54.7 Å². The fourth-order valence-electron chi connectivity index (χ4n) is 1.71. The van der Waals surface area contributed by atoms with Crippen LogP contribution in [0, 0.1) is 0 Å². The van der Waals surface area contributed by atoms with Crippen LogP contribution in [0.2, 0.25) is 0 Å². The molecule has 90 valence electrons. The molecule has 1 N–H and O–H groups in total. The van der Waals surface area contributed by atoms with E-state index < -0.39 is 5.97 Å². The van der Waals surface area contributed by atoms with Crippen molar-refractivity contribution in [3.63, 3.8) is 0 Å². The lowest BCUT2D eigenvalue weighted by Crippen LogP contribution is -1.89. The molecule has 0 aliphatic heterocycles. The normalized spacial score (nSPS) is 10.6. The lowest BCUT2D eigenvalue weighted by Gasteiger charge is -1.99. The van der Waals surface area contributed by atoms with Gasteiger partial charge in [-0.15, -0.1) is 11.3 Å². The van der Waals surface area contributed by atoms with E-state index in [2.05, 4.69) is 6.92 Å². The van der Waals surface area contributed by atoms with Crippen molar-refractivity contribution in [3.05, 3.63) is 21.9 Å². The van der Waals surface area contributed by atoms with Gasteiger partial charge in [0, 0.05) is 4.88 Å². The standard InChI is InChI=1S/C13H20O2S/c1-2-3-4-5-6-7-8-11-9-10-12(16-11)13(14)15/h9-10H,2-8H2,1H3,(H,14,15). The summed E-state index contributed by atoms with van der Waals surface area (Å²) in [6.45, 7) is 2.22. The molecular formula is C13H20O2S. The second-order valence-corrected chi connectivity index (χ2v) is 5.26. The van der Waals surface area contributed by atoms with Crippen LogP contribution >= 0.6 is 11.3 Å². The van der Waals surface area contributed by atoms with Crippen LogP contribution in [0.25, 0.3) is 0 Å². The zero-order valence-electron chi connectivity index (χ0n) is 9.87. The third-order valence-corrected chi connectivity index (χ3v) is 3.78. The number of unbranched alkanes of at least 4 members (excludes halogenated alkanes) is 5. The lowest BCUT2D eigenvalue weighted by atomic mass is 10.1. The maximum atomic E-state index is 10.7. The maximum Gasteiger partial charge on any atom is 0.345 e. The summed E-state index contributed by atoms with van der Waals surface area (Å²) in [5, 5.41) is 8.78. The van der Waals surface area contributed by atoms with Gasteiger partial charge in [0.05, 0.1) is 0 Å². The topological polar surface area (TPSA) is 37.3 Å². The van der Waals surface area contributed by atoms with Gasteiger partial charge in [0.1, 0.15) is 4.88 Å². The van der Waals surface area contributed by atoms with Gasteiger partial charge in [0.15, 0.2) is 0 Å². The molecule has 0 radical (unpaired) electrons. The van der Waals surface area contributed by atoms with Gasteiger partial charge in [0.25, 0.3) is 0 Å². The van der Waals surface area contributed by atoms with E-state index in [0.29, 0.717) is 4.88 Å². The fourth-order valence-corrected chi connectivity index (χ4v) is 2.60. The Kier molecular flexibility index (Phi) is 6.16. The van der Waals surface area contributed by atoms with Gasteiger partial charge in [-0.3, -0.25) is 0 Å². The Hall–Kier alpha value is -0.830. The predicted molar refractivity (Wildman–Crippen MR) is 68.4 cm³/mol. The first-order valence-corrected chi connectivity index (χ1v) is 6.87. The van der Waals surface area contributed by atoms with Crippen molar-refractivity contribution in [2.45, 2.75) is 51.9 Å². The highest BCUT2D eigenvalue weighted by Gasteiger charge is 2.06. The molecule has 0 spiro atoms. The summed E-state index contributed by atoms with van der Waals surface area (Å²) in [6, 6.07) is 3.65. The van der Waals surface area contributed by atoms with E-state index in [0.717, 1.165) is 6.42 Å². The number of aryl methyl sites for hydroxylation is 1. The fraction of sp³-hybridized carbons (Fsp3) is 0.615. The summed E-state index contributed by atoms with van der Waals surface area (Å²) >= 11 is 1.41. The zero-order valence-corrected chi connectivity index (χ0v) is 10.7. The lowest BCUT2D eigenvalue weighted by molar-refractivity contribution is 0.0702. The van der Waals surface area contributed by atoms with Crippen molar-refractivity contribution in [2.75, 3.05) is 0 Å². The monoisotopic (exact) mass is 240 g/mol. The van der Waals surface area contributed by atoms with Gasteiger partial charge in [-0.2, -0.15) is 0 Å². The maximum absolute atomic E-state index is 10.7. The molecule has 1 aromatic rings. The molecule has 0 saturated heterocycles. The third-order valence-electron chi connectivity index (χ3n) is 2.65. The van der Waals surface area contributed by atoms with E-state index in [9.17, 15) is 4.79 Å². The molecule has 0 saturated carbocycles. The minimum atomic E-state index is -0.806. The van der Waals surface area contributed by atoms with Crippen molar-refractivity contribution in [3.8, 4) is 0 Å². The molecule has 0 atom stereocenters. The molecule has 1 heterocycles. The summed E-state index contributed by atoms with van der Waals surface area (Å²) in [7, 11) is 0. The van der Waals surface area contributed by atoms with Crippen LogP contribution in [0.3, 0.4) is 0 Å². The Labute approximate surface area is 101 Å². The minimum Gasteiger partial charge on any atom is -0.477 e. The SMILES string of the molecule is CCCCCCCCc1ccc(C(=O)O)s1. The van der Waals surface area contributed by atoms with Gasteiger partial charge < -0.3 is 5.11 Å². The first-order chi connectivity index (χ1) is 7.74. The molecule has 0 bridgehead atoms. The number of carboxylic acid groups (broad SMARTS) is 1. The highest BCUT2D eigenvalue weighted by atomic mass is 32.1. The van der Waals surface area contributed by atoms with Crippen molar-refractivity contribution >= 4 is 17.3 Å². The van der Waals surface area contributed by atoms with Crippen LogP contribution in [-0.2, 0) is 6.42 Å². The summed E-state index contributed by atoms with van der Waals surface area (Å²) in [5.41, 5.74) is 0. The van der Waals surface area contributed by atoms with E-state index in [1.807, 2.05) is 6.07 Å². The summed E-state index contributed by atoms with van der Waals surface area (Å²) in [5.74, 6) is -0.806. The molecular weight excluding hydrogens is 220 g/mol. The molecule has 2 nitrogen and oxygen atoms in total. The van der Waals surface area contributed by atoms with Crippen LogP contribution < -0.4 is 0 Å². The van der Waals surface area contributed by atoms with E-state index in [1.54, 1.807) is 6.07 Å². The zero-order chi connectivity index (χ0) is 11.8. The molecule has 0 aliphatic rings. The first kappa shape index (κ1) is 13.2. The van der Waals surface area contributed by atoms with Gasteiger partial charge >= 0.3 is 5.97 Å². The van der Waals surface area contributed by atoms with Gasteiger partial charge in [-0.05, 0) is 25.0 Å². The number of rotatable bonds is 8. The number of thiophene rings is 1. The average molecular weight is 240 g/mol. The van der Waals surface area contributed by atoms with Crippen molar-refractivity contribution in [2.24, 2.45) is 0 Å². The van der Waals surface area contributed by atoms with E-state index in [4.69, 9.17) is 5.11 Å². The predicted octanol–water partition coefficient (Wildman–Crippen LogP) is 4.35. The van der Waals surface area contributed by atoms with Crippen LogP contribution in [0.4, 0.5) is 0 Å². The van der Waals surface area contributed by atoms with Crippen LogP contribution in [0.15, 0.2) is 12.1 Å². The van der Waals surface area contributed by atoms with Crippen LogP contribution in [0.5, 0.6) is 0 Å². The average Bonchev–Trinajstić information content (AvgIpc) is 2.72. The molecule has 1 aromatic heterocycles. The second kappa shape index (κ2) is 7.44. The molecule has 3 heteroatoms. The largest absolute Gasteiger partial charge is 0.477 e.